The summed E-state index contributed by atoms with van der Waals surface area (Å²) in [4.78, 5) is 13.8. The van der Waals surface area contributed by atoms with Crippen molar-refractivity contribution in [2.24, 2.45) is 5.73 Å². The minimum atomic E-state index is -0.199. The molecule has 0 bridgehead atoms. The van der Waals surface area contributed by atoms with Crippen LogP contribution in [0.25, 0.3) is 0 Å². The number of carbonyl (C=O) groups is 1. The fraction of sp³-hybridized carbons (Fsp3) is 0.533. The van der Waals surface area contributed by atoms with Crippen LogP contribution in [0.4, 0.5) is 4.39 Å². The number of benzene rings is 1. The van der Waals surface area contributed by atoms with Gasteiger partial charge in [0, 0.05) is 38.6 Å². The molecule has 1 aromatic rings. The summed E-state index contributed by atoms with van der Waals surface area (Å²) in [7, 11) is 0. The predicted molar refractivity (Wildman–Crippen MR) is 76.5 cm³/mol. The molecule has 0 unspecified atom stereocenters. The Balaban J connectivity index is 1.74. The van der Waals surface area contributed by atoms with Crippen LogP contribution in [0.15, 0.2) is 24.3 Å². The zero-order chi connectivity index (χ0) is 14.4. The van der Waals surface area contributed by atoms with Gasteiger partial charge >= 0.3 is 0 Å². The first-order chi connectivity index (χ1) is 9.67. The first kappa shape index (κ1) is 14.9. The van der Waals surface area contributed by atoms with Crippen molar-refractivity contribution in [3.8, 4) is 0 Å². The summed E-state index contributed by atoms with van der Waals surface area (Å²) in [6.07, 6.45) is 2.31. The molecule has 1 heterocycles. The number of nitrogens with two attached hydrogens (primary N) is 1. The van der Waals surface area contributed by atoms with Crippen LogP contribution in [0, 0.1) is 5.82 Å². The lowest BCUT2D eigenvalue weighted by Gasteiger charge is -2.32. The van der Waals surface area contributed by atoms with Gasteiger partial charge in [-0.05, 0) is 30.5 Å². The molecule has 1 fully saturated rings. The Labute approximate surface area is 119 Å². The number of amides is 1. The lowest BCUT2D eigenvalue weighted by molar-refractivity contribution is -0.121. The number of nitrogens with zero attached hydrogens (tertiary/aromatic N) is 1. The van der Waals surface area contributed by atoms with Gasteiger partial charge in [0.25, 0.3) is 0 Å². The maximum absolute atomic E-state index is 12.8. The summed E-state index contributed by atoms with van der Waals surface area (Å²) in [5.74, 6) is -0.153. The van der Waals surface area contributed by atoms with Gasteiger partial charge in [0.2, 0.25) is 5.91 Å². The van der Waals surface area contributed by atoms with Crippen LogP contribution in [0.3, 0.4) is 0 Å². The van der Waals surface area contributed by atoms with E-state index in [1.54, 1.807) is 0 Å². The Kier molecular flexibility index (Phi) is 5.49. The second-order valence-corrected chi connectivity index (χ2v) is 5.28. The maximum atomic E-state index is 12.8. The Morgan fingerprint density at radius 3 is 2.55 bits per heavy atom. The molecule has 1 amide bonds. The molecule has 0 atom stereocenters. The van der Waals surface area contributed by atoms with E-state index in [2.05, 4.69) is 10.2 Å². The number of piperidine rings is 1. The number of halogens is 1. The van der Waals surface area contributed by atoms with Gasteiger partial charge in [-0.15, -0.1) is 0 Å². The summed E-state index contributed by atoms with van der Waals surface area (Å²) in [6.45, 7) is 3.13. The highest BCUT2D eigenvalue weighted by molar-refractivity contribution is 5.76. The fourth-order valence-electron chi connectivity index (χ4n) is 2.51. The largest absolute Gasteiger partial charge is 0.353 e. The van der Waals surface area contributed by atoms with Gasteiger partial charge in [-0.25, -0.2) is 4.39 Å². The molecular formula is C15H22FN3O. The van der Waals surface area contributed by atoms with Crippen LogP contribution < -0.4 is 11.1 Å². The lowest BCUT2D eigenvalue weighted by Crippen LogP contribution is -2.44. The van der Waals surface area contributed by atoms with Crippen molar-refractivity contribution in [1.29, 1.82) is 0 Å². The zero-order valence-corrected chi connectivity index (χ0v) is 11.6. The number of hydrogen-bond acceptors (Lipinski definition) is 3. The minimum absolute atomic E-state index is 0.0458. The molecule has 0 aliphatic carbocycles. The van der Waals surface area contributed by atoms with Crippen LogP contribution in [0.5, 0.6) is 0 Å². The second-order valence-electron chi connectivity index (χ2n) is 5.28. The SMILES string of the molecule is NCCC(=O)NC1CCN(Cc2ccc(F)cc2)CC1. The standard InChI is InChI=1S/C15H22FN3O/c16-13-3-1-12(2-4-13)11-19-9-6-14(7-10-19)18-15(20)5-8-17/h1-4,14H,5-11,17H2,(H,18,20). The number of likely N-dealkylation sites (tertiary alicyclic amines) is 1. The maximum Gasteiger partial charge on any atom is 0.221 e. The van der Waals surface area contributed by atoms with Gasteiger partial charge in [-0.1, -0.05) is 12.1 Å². The molecular weight excluding hydrogens is 257 g/mol. The van der Waals surface area contributed by atoms with Crippen molar-refractivity contribution in [2.75, 3.05) is 19.6 Å². The molecule has 0 radical (unpaired) electrons. The molecule has 4 nitrogen and oxygen atoms in total. The molecule has 0 aromatic heterocycles. The van der Waals surface area contributed by atoms with E-state index < -0.39 is 0 Å². The van der Waals surface area contributed by atoms with E-state index in [9.17, 15) is 9.18 Å². The third-order valence-corrected chi connectivity index (χ3v) is 3.64. The van der Waals surface area contributed by atoms with Gasteiger partial charge in [0.15, 0.2) is 0 Å². The summed E-state index contributed by atoms with van der Waals surface area (Å²) < 4.78 is 12.8. The Hall–Kier alpha value is -1.46. The minimum Gasteiger partial charge on any atom is -0.353 e. The molecule has 0 spiro atoms. The van der Waals surface area contributed by atoms with Gasteiger partial charge < -0.3 is 11.1 Å². The quantitative estimate of drug-likeness (QED) is 0.853. The number of nitrogens with one attached hydrogen (secondary N) is 1. The summed E-state index contributed by atoms with van der Waals surface area (Å²) >= 11 is 0. The zero-order valence-electron chi connectivity index (χ0n) is 11.6. The van der Waals surface area contributed by atoms with Crippen molar-refractivity contribution < 1.29 is 9.18 Å². The fourth-order valence-corrected chi connectivity index (χ4v) is 2.51. The molecule has 1 saturated heterocycles. The highest BCUT2D eigenvalue weighted by atomic mass is 19.1. The average Bonchev–Trinajstić information content (AvgIpc) is 2.44. The van der Waals surface area contributed by atoms with Crippen LogP contribution in [0.2, 0.25) is 0 Å². The Morgan fingerprint density at radius 1 is 1.30 bits per heavy atom. The second kappa shape index (κ2) is 7.36. The monoisotopic (exact) mass is 279 g/mol. The lowest BCUT2D eigenvalue weighted by atomic mass is 10.0. The smallest absolute Gasteiger partial charge is 0.221 e. The van der Waals surface area contributed by atoms with E-state index in [-0.39, 0.29) is 17.8 Å². The third kappa shape index (κ3) is 4.58. The first-order valence-corrected chi connectivity index (χ1v) is 7.13. The molecule has 3 N–H and O–H groups in total. The van der Waals surface area contributed by atoms with Crippen LogP contribution in [-0.2, 0) is 11.3 Å². The predicted octanol–water partition coefficient (Wildman–Crippen LogP) is 1.26. The molecule has 5 heteroatoms. The Morgan fingerprint density at radius 2 is 1.95 bits per heavy atom. The first-order valence-electron chi connectivity index (χ1n) is 7.13. The highest BCUT2D eigenvalue weighted by Crippen LogP contribution is 2.14. The molecule has 2 rings (SSSR count). The third-order valence-electron chi connectivity index (χ3n) is 3.64. The van der Waals surface area contributed by atoms with E-state index in [0.717, 1.165) is 38.0 Å². The number of carbonyl (C=O) groups excluding carboxylic acids is 1. The molecule has 20 heavy (non-hydrogen) atoms. The van der Waals surface area contributed by atoms with Gasteiger partial charge in [0.05, 0.1) is 0 Å². The molecule has 1 aliphatic heterocycles. The van der Waals surface area contributed by atoms with Crippen LogP contribution in [-0.4, -0.2) is 36.5 Å². The average molecular weight is 279 g/mol. The van der Waals surface area contributed by atoms with Gasteiger partial charge in [-0.2, -0.15) is 0 Å². The number of rotatable bonds is 5. The topological polar surface area (TPSA) is 58.4 Å². The summed E-state index contributed by atoms with van der Waals surface area (Å²) in [5, 5.41) is 3.02. The van der Waals surface area contributed by atoms with Crippen molar-refractivity contribution >= 4 is 5.91 Å². The normalized spacial score (nSPS) is 17.1. The highest BCUT2D eigenvalue weighted by Gasteiger charge is 2.20. The van der Waals surface area contributed by atoms with E-state index in [0.29, 0.717) is 13.0 Å². The van der Waals surface area contributed by atoms with E-state index >= 15 is 0 Å². The summed E-state index contributed by atoms with van der Waals surface area (Å²) in [5.41, 5.74) is 6.48. The van der Waals surface area contributed by atoms with E-state index in [1.165, 1.54) is 12.1 Å². The van der Waals surface area contributed by atoms with Gasteiger partial charge in [-0.3, -0.25) is 9.69 Å². The van der Waals surface area contributed by atoms with Crippen molar-refractivity contribution in [1.82, 2.24) is 10.2 Å². The van der Waals surface area contributed by atoms with Crippen LogP contribution >= 0.6 is 0 Å². The van der Waals surface area contributed by atoms with Crippen LogP contribution in [0.1, 0.15) is 24.8 Å². The van der Waals surface area contributed by atoms with E-state index in [1.807, 2.05) is 12.1 Å². The molecule has 110 valence electrons. The van der Waals surface area contributed by atoms with Gasteiger partial charge in [0.1, 0.15) is 5.82 Å². The van der Waals surface area contributed by atoms with E-state index in [4.69, 9.17) is 5.73 Å². The van der Waals surface area contributed by atoms with Crippen molar-refractivity contribution in [3.63, 3.8) is 0 Å². The van der Waals surface area contributed by atoms with Crippen molar-refractivity contribution in [2.45, 2.75) is 31.8 Å². The number of hydrogen-bond donors (Lipinski definition) is 2. The Bertz CT molecular complexity index is 427. The molecule has 1 aromatic carbocycles. The van der Waals surface area contributed by atoms with Crippen molar-refractivity contribution in [3.05, 3.63) is 35.6 Å². The molecule has 1 aliphatic rings. The summed E-state index contributed by atoms with van der Waals surface area (Å²) in [6, 6.07) is 6.90. The molecule has 0 saturated carbocycles.